The van der Waals surface area contributed by atoms with E-state index in [1.54, 1.807) is 6.33 Å². The third-order valence-electron chi connectivity index (χ3n) is 2.90. The number of unbranched alkanes of at least 4 members (excludes halogenated alkanes) is 1. The zero-order valence-electron chi connectivity index (χ0n) is 10.7. The standard InChI is InChI=1S/C12H24N4/c1-4-6-8-11(7-5-2)13-9-12-15-14-10-16(12)3/h10-11,13H,4-9H2,1-3H3. The molecular formula is C12H24N4. The predicted molar refractivity (Wildman–Crippen MR) is 66.1 cm³/mol. The lowest BCUT2D eigenvalue weighted by atomic mass is 10.1. The number of hydrogen-bond donors (Lipinski definition) is 1. The molecule has 0 amide bonds. The van der Waals surface area contributed by atoms with Crippen LogP contribution in [-0.2, 0) is 13.6 Å². The summed E-state index contributed by atoms with van der Waals surface area (Å²) < 4.78 is 1.97. The van der Waals surface area contributed by atoms with Gasteiger partial charge in [-0.05, 0) is 12.8 Å². The second kappa shape index (κ2) is 7.39. The van der Waals surface area contributed by atoms with Crippen LogP contribution in [0.3, 0.4) is 0 Å². The van der Waals surface area contributed by atoms with E-state index in [9.17, 15) is 0 Å². The highest BCUT2D eigenvalue weighted by molar-refractivity contribution is 4.84. The lowest BCUT2D eigenvalue weighted by Gasteiger charge is -2.17. The molecule has 0 aliphatic rings. The summed E-state index contributed by atoms with van der Waals surface area (Å²) in [6.45, 7) is 5.31. The van der Waals surface area contributed by atoms with E-state index in [1.165, 1.54) is 32.1 Å². The molecule has 1 N–H and O–H groups in total. The van der Waals surface area contributed by atoms with Crippen LogP contribution in [0.1, 0.15) is 51.8 Å². The van der Waals surface area contributed by atoms with Gasteiger partial charge in [0.2, 0.25) is 0 Å². The quantitative estimate of drug-likeness (QED) is 0.736. The highest BCUT2D eigenvalue weighted by atomic mass is 15.3. The largest absolute Gasteiger partial charge is 0.320 e. The molecule has 0 spiro atoms. The molecule has 0 fully saturated rings. The first-order chi connectivity index (χ1) is 7.77. The molecule has 16 heavy (non-hydrogen) atoms. The number of nitrogens with one attached hydrogen (secondary N) is 1. The van der Waals surface area contributed by atoms with Crippen molar-refractivity contribution in [2.75, 3.05) is 0 Å². The van der Waals surface area contributed by atoms with Gasteiger partial charge in [0.05, 0.1) is 6.54 Å². The topological polar surface area (TPSA) is 42.7 Å². The molecule has 92 valence electrons. The minimum atomic E-state index is 0.627. The van der Waals surface area contributed by atoms with E-state index in [-0.39, 0.29) is 0 Å². The minimum Gasteiger partial charge on any atom is -0.320 e. The van der Waals surface area contributed by atoms with Gasteiger partial charge in [-0.2, -0.15) is 0 Å². The van der Waals surface area contributed by atoms with Gasteiger partial charge in [-0.1, -0.05) is 33.1 Å². The third-order valence-corrected chi connectivity index (χ3v) is 2.90. The SMILES string of the molecule is CCCCC(CCC)NCc1nncn1C. The second-order valence-electron chi connectivity index (χ2n) is 4.37. The monoisotopic (exact) mass is 224 g/mol. The fourth-order valence-electron chi connectivity index (χ4n) is 1.85. The Labute approximate surface area is 98.5 Å². The number of aryl methyl sites for hydroxylation is 1. The molecule has 4 nitrogen and oxygen atoms in total. The van der Waals surface area contributed by atoms with Crippen LogP contribution < -0.4 is 5.32 Å². The van der Waals surface area contributed by atoms with Crippen molar-refractivity contribution in [1.29, 1.82) is 0 Å². The highest BCUT2D eigenvalue weighted by Crippen LogP contribution is 2.07. The molecule has 1 unspecified atom stereocenters. The Kier molecular flexibility index (Phi) is 6.08. The van der Waals surface area contributed by atoms with Crippen molar-refractivity contribution < 1.29 is 0 Å². The Morgan fingerprint density at radius 2 is 2.12 bits per heavy atom. The molecule has 0 bridgehead atoms. The molecule has 0 radical (unpaired) electrons. The van der Waals surface area contributed by atoms with Crippen LogP contribution >= 0.6 is 0 Å². The molecule has 1 aromatic rings. The summed E-state index contributed by atoms with van der Waals surface area (Å²) in [5, 5.41) is 11.5. The third kappa shape index (κ3) is 4.31. The Morgan fingerprint density at radius 3 is 2.69 bits per heavy atom. The van der Waals surface area contributed by atoms with E-state index < -0.39 is 0 Å². The Balaban J connectivity index is 2.34. The molecule has 1 rings (SSSR count). The van der Waals surface area contributed by atoms with Gasteiger partial charge >= 0.3 is 0 Å². The number of nitrogens with zero attached hydrogens (tertiary/aromatic N) is 3. The Hall–Kier alpha value is -0.900. The van der Waals surface area contributed by atoms with E-state index in [1.807, 2.05) is 11.6 Å². The molecular weight excluding hydrogens is 200 g/mol. The summed E-state index contributed by atoms with van der Waals surface area (Å²) in [5.74, 6) is 1.01. The van der Waals surface area contributed by atoms with Crippen molar-refractivity contribution in [2.24, 2.45) is 7.05 Å². The van der Waals surface area contributed by atoms with Crippen LogP contribution in [0.5, 0.6) is 0 Å². The van der Waals surface area contributed by atoms with Gasteiger partial charge in [-0.25, -0.2) is 0 Å². The van der Waals surface area contributed by atoms with Crippen LogP contribution in [0.25, 0.3) is 0 Å². The maximum Gasteiger partial charge on any atom is 0.146 e. The van der Waals surface area contributed by atoms with E-state index in [4.69, 9.17) is 0 Å². The number of hydrogen-bond acceptors (Lipinski definition) is 3. The molecule has 4 heteroatoms. The van der Waals surface area contributed by atoms with Gasteiger partial charge < -0.3 is 9.88 Å². The number of aromatic nitrogens is 3. The second-order valence-corrected chi connectivity index (χ2v) is 4.37. The lowest BCUT2D eigenvalue weighted by Crippen LogP contribution is -2.29. The first kappa shape index (κ1) is 13.2. The summed E-state index contributed by atoms with van der Waals surface area (Å²) in [6.07, 6.45) is 8.07. The van der Waals surface area contributed by atoms with Gasteiger partial charge in [0, 0.05) is 13.1 Å². The zero-order chi connectivity index (χ0) is 11.8. The first-order valence-electron chi connectivity index (χ1n) is 6.34. The van der Waals surface area contributed by atoms with Gasteiger partial charge in [-0.3, -0.25) is 0 Å². The Morgan fingerprint density at radius 1 is 1.31 bits per heavy atom. The highest BCUT2D eigenvalue weighted by Gasteiger charge is 2.08. The van der Waals surface area contributed by atoms with Crippen molar-refractivity contribution in [3.63, 3.8) is 0 Å². The van der Waals surface area contributed by atoms with Crippen LogP contribution in [0, 0.1) is 0 Å². The van der Waals surface area contributed by atoms with Crippen LogP contribution in [-0.4, -0.2) is 20.8 Å². The predicted octanol–water partition coefficient (Wildman–Crippen LogP) is 2.26. The summed E-state index contributed by atoms with van der Waals surface area (Å²) in [4.78, 5) is 0. The fraction of sp³-hybridized carbons (Fsp3) is 0.833. The van der Waals surface area contributed by atoms with Gasteiger partial charge in [0.1, 0.15) is 12.2 Å². The van der Waals surface area contributed by atoms with Crippen molar-refractivity contribution in [2.45, 2.75) is 58.5 Å². The summed E-state index contributed by atoms with van der Waals surface area (Å²) in [6, 6.07) is 0.627. The fourth-order valence-corrected chi connectivity index (χ4v) is 1.85. The van der Waals surface area contributed by atoms with E-state index in [0.717, 1.165) is 12.4 Å². The summed E-state index contributed by atoms with van der Waals surface area (Å²) in [5.41, 5.74) is 0. The van der Waals surface area contributed by atoms with Crippen LogP contribution in [0.2, 0.25) is 0 Å². The molecule has 0 aliphatic carbocycles. The first-order valence-corrected chi connectivity index (χ1v) is 6.34. The van der Waals surface area contributed by atoms with E-state index in [0.29, 0.717) is 6.04 Å². The molecule has 0 saturated carbocycles. The van der Waals surface area contributed by atoms with Gasteiger partial charge in [-0.15, -0.1) is 10.2 Å². The average Bonchev–Trinajstić information content (AvgIpc) is 2.68. The van der Waals surface area contributed by atoms with Gasteiger partial charge in [0.15, 0.2) is 0 Å². The molecule has 0 saturated heterocycles. The molecule has 0 aromatic carbocycles. The molecule has 1 aromatic heterocycles. The Bertz CT molecular complexity index is 282. The maximum atomic E-state index is 4.08. The smallest absolute Gasteiger partial charge is 0.146 e. The maximum absolute atomic E-state index is 4.08. The average molecular weight is 224 g/mol. The molecule has 0 aliphatic heterocycles. The van der Waals surface area contributed by atoms with E-state index in [2.05, 4.69) is 29.4 Å². The normalized spacial score (nSPS) is 12.9. The number of rotatable bonds is 8. The van der Waals surface area contributed by atoms with E-state index >= 15 is 0 Å². The van der Waals surface area contributed by atoms with Crippen molar-refractivity contribution in [1.82, 2.24) is 20.1 Å². The minimum absolute atomic E-state index is 0.627. The van der Waals surface area contributed by atoms with Crippen LogP contribution in [0.15, 0.2) is 6.33 Å². The van der Waals surface area contributed by atoms with Gasteiger partial charge in [0.25, 0.3) is 0 Å². The lowest BCUT2D eigenvalue weighted by molar-refractivity contribution is 0.426. The van der Waals surface area contributed by atoms with Crippen molar-refractivity contribution >= 4 is 0 Å². The van der Waals surface area contributed by atoms with Crippen LogP contribution in [0.4, 0.5) is 0 Å². The summed E-state index contributed by atoms with van der Waals surface area (Å²) >= 11 is 0. The molecule has 1 heterocycles. The summed E-state index contributed by atoms with van der Waals surface area (Å²) in [7, 11) is 1.98. The van der Waals surface area contributed by atoms with Crippen molar-refractivity contribution in [3.05, 3.63) is 12.2 Å². The zero-order valence-corrected chi connectivity index (χ0v) is 10.7. The molecule has 1 atom stereocenters. The van der Waals surface area contributed by atoms with Crippen molar-refractivity contribution in [3.8, 4) is 0 Å².